The zero-order valence-electron chi connectivity index (χ0n) is 12.4. The molecular formula is C15H12N4O4. The van der Waals surface area contributed by atoms with Gasteiger partial charge in [-0.15, -0.1) is 0 Å². The Morgan fingerprint density at radius 2 is 1.70 bits per heavy atom. The number of fused-ring (bicyclic) bond motifs is 1. The minimum atomic E-state index is -0.656. The van der Waals surface area contributed by atoms with E-state index < -0.39 is 9.85 Å². The molecule has 0 radical (unpaired) electrons. The normalized spacial score (nSPS) is 10.9. The molecule has 0 atom stereocenters. The quantitative estimate of drug-likeness (QED) is 0.544. The molecule has 0 saturated heterocycles. The number of aromatic nitrogens is 2. The summed E-state index contributed by atoms with van der Waals surface area (Å²) in [6.07, 6.45) is 1.48. The summed E-state index contributed by atoms with van der Waals surface area (Å²) in [7, 11) is 0. The second kappa shape index (κ2) is 5.16. The predicted molar refractivity (Wildman–Crippen MR) is 83.9 cm³/mol. The first-order chi connectivity index (χ1) is 10.9. The van der Waals surface area contributed by atoms with Gasteiger partial charge in [-0.1, -0.05) is 0 Å². The summed E-state index contributed by atoms with van der Waals surface area (Å²) < 4.78 is 1.57. The van der Waals surface area contributed by atoms with Crippen molar-refractivity contribution in [2.75, 3.05) is 0 Å². The van der Waals surface area contributed by atoms with E-state index in [1.165, 1.54) is 18.5 Å². The minimum absolute atomic E-state index is 0.242. The fourth-order valence-electron chi connectivity index (χ4n) is 2.43. The lowest BCUT2D eigenvalue weighted by Gasteiger charge is -2.07. The summed E-state index contributed by atoms with van der Waals surface area (Å²) in [6, 6.07) is 7.37. The summed E-state index contributed by atoms with van der Waals surface area (Å²) in [5.74, 6) is 0. The van der Waals surface area contributed by atoms with E-state index in [1.807, 2.05) is 26.0 Å². The highest BCUT2D eigenvalue weighted by atomic mass is 16.6. The largest absolute Gasteiger partial charge is 0.300 e. The molecule has 1 heterocycles. The minimum Gasteiger partial charge on any atom is -0.293 e. The van der Waals surface area contributed by atoms with E-state index in [-0.39, 0.29) is 17.1 Å². The number of hydrogen-bond donors (Lipinski definition) is 0. The molecule has 0 bridgehead atoms. The smallest absolute Gasteiger partial charge is 0.293 e. The van der Waals surface area contributed by atoms with Gasteiger partial charge in [0.2, 0.25) is 0 Å². The molecule has 0 aliphatic carbocycles. The molecule has 0 amide bonds. The second-order valence-corrected chi connectivity index (χ2v) is 5.23. The van der Waals surface area contributed by atoms with Gasteiger partial charge in [0.1, 0.15) is 12.0 Å². The predicted octanol–water partition coefficient (Wildman–Crippen LogP) is 3.46. The first-order valence-electron chi connectivity index (χ1n) is 6.76. The van der Waals surface area contributed by atoms with Crippen LogP contribution < -0.4 is 0 Å². The SMILES string of the molecule is Cc1cc2ncn(-c3ccc([N+](=O)[O-])cc3[N+](=O)[O-])c2cc1C. The highest BCUT2D eigenvalue weighted by Gasteiger charge is 2.22. The van der Waals surface area contributed by atoms with Crippen molar-refractivity contribution in [1.82, 2.24) is 9.55 Å². The third-order valence-electron chi connectivity index (χ3n) is 3.79. The first kappa shape index (κ1) is 14.6. The standard InChI is InChI=1S/C15H12N4O4/c1-9-5-12-14(6-10(9)2)17(8-16-12)13-4-3-11(18(20)21)7-15(13)19(22)23/h3-8H,1-2H3. The summed E-state index contributed by atoms with van der Waals surface area (Å²) in [5, 5.41) is 22.1. The number of nitrogens with zero attached hydrogens (tertiary/aromatic N) is 4. The molecule has 23 heavy (non-hydrogen) atoms. The molecular weight excluding hydrogens is 300 g/mol. The maximum Gasteiger partial charge on any atom is 0.300 e. The molecule has 0 aliphatic heterocycles. The summed E-state index contributed by atoms with van der Waals surface area (Å²) >= 11 is 0. The Balaban J connectivity index is 2.28. The highest BCUT2D eigenvalue weighted by Crippen LogP contribution is 2.30. The van der Waals surface area contributed by atoms with Gasteiger partial charge in [0, 0.05) is 6.07 Å². The number of aryl methyl sites for hydroxylation is 2. The molecule has 0 unspecified atom stereocenters. The van der Waals surface area contributed by atoms with Crippen LogP contribution in [0.2, 0.25) is 0 Å². The lowest BCUT2D eigenvalue weighted by molar-refractivity contribution is -0.394. The van der Waals surface area contributed by atoms with Gasteiger partial charge < -0.3 is 0 Å². The summed E-state index contributed by atoms with van der Waals surface area (Å²) in [6.45, 7) is 3.90. The number of benzene rings is 2. The van der Waals surface area contributed by atoms with Crippen LogP contribution in [0.15, 0.2) is 36.7 Å². The zero-order chi connectivity index (χ0) is 16.7. The first-order valence-corrected chi connectivity index (χ1v) is 6.76. The molecule has 8 heteroatoms. The number of nitro groups is 2. The molecule has 0 N–H and O–H groups in total. The topological polar surface area (TPSA) is 104 Å². The number of non-ortho nitro benzene ring substituents is 1. The van der Waals surface area contributed by atoms with Crippen LogP contribution in [0.25, 0.3) is 16.7 Å². The van der Waals surface area contributed by atoms with Gasteiger partial charge in [0.25, 0.3) is 11.4 Å². The van der Waals surface area contributed by atoms with Gasteiger partial charge in [0.05, 0.1) is 26.9 Å². The van der Waals surface area contributed by atoms with Gasteiger partial charge in [-0.25, -0.2) is 4.98 Å². The summed E-state index contributed by atoms with van der Waals surface area (Å²) in [5.41, 5.74) is 3.11. The lowest BCUT2D eigenvalue weighted by Crippen LogP contribution is -2.01. The molecule has 8 nitrogen and oxygen atoms in total. The Kier molecular flexibility index (Phi) is 3.29. The van der Waals surface area contributed by atoms with Crippen molar-refractivity contribution < 1.29 is 9.85 Å². The molecule has 1 aromatic heterocycles. The molecule has 0 spiro atoms. The molecule has 0 aliphatic rings. The Morgan fingerprint density at radius 3 is 2.35 bits per heavy atom. The van der Waals surface area contributed by atoms with Crippen LogP contribution >= 0.6 is 0 Å². The van der Waals surface area contributed by atoms with Crippen molar-refractivity contribution >= 4 is 22.4 Å². The molecule has 3 aromatic rings. The fourth-order valence-corrected chi connectivity index (χ4v) is 2.43. The van der Waals surface area contributed by atoms with Crippen molar-refractivity contribution in [3.05, 3.63) is 68.0 Å². The van der Waals surface area contributed by atoms with E-state index >= 15 is 0 Å². The Morgan fingerprint density at radius 1 is 1.00 bits per heavy atom. The maximum atomic E-state index is 11.3. The summed E-state index contributed by atoms with van der Waals surface area (Å²) in [4.78, 5) is 25.1. The van der Waals surface area contributed by atoms with Crippen molar-refractivity contribution in [3.8, 4) is 5.69 Å². The van der Waals surface area contributed by atoms with Gasteiger partial charge >= 0.3 is 0 Å². The average Bonchev–Trinajstić information content (AvgIpc) is 2.89. The van der Waals surface area contributed by atoms with Crippen LogP contribution in [-0.4, -0.2) is 19.4 Å². The Labute approximate surface area is 130 Å². The molecule has 0 saturated carbocycles. The third kappa shape index (κ3) is 2.39. The Bertz CT molecular complexity index is 962. The van der Waals surface area contributed by atoms with Crippen LogP contribution in [0.5, 0.6) is 0 Å². The number of rotatable bonds is 3. The van der Waals surface area contributed by atoms with E-state index in [1.54, 1.807) is 4.57 Å². The molecule has 3 rings (SSSR count). The maximum absolute atomic E-state index is 11.3. The monoisotopic (exact) mass is 312 g/mol. The Hall–Kier alpha value is -3.29. The lowest BCUT2D eigenvalue weighted by atomic mass is 10.1. The fraction of sp³-hybridized carbons (Fsp3) is 0.133. The molecule has 116 valence electrons. The van der Waals surface area contributed by atoms with Crippen LogP contribution in [0, 0.1) is 34.1 Å². The van der Waals surface area contributed by atoms with E-state index in [9.17, 15) is 20.2 Å². The third-order valence-corrected chi connectivity index (χ3v) is 3.79. The van der Waals surface area contributed by atoms with Crippen molar-refractivity contribution in [3.63, 3.8) is 0 Å². The zero-order valence-corrected chi connectivity index (χ0v) is 12.4. The van der Waals surface area contributed by atoms with Gasteiger partial charge in [-0.2, -0.15) is 0 Å². The van der Waals surface area contributed by atoms with Gasteiger partial charge in [-0.3, -0.25) is 24.8 Å². The number of hydrogen-bond acceptors (Lipinski definition) is 5. The van der Waals surface area contributed by atoms with Crippen molar-refractivity contribution in [2.45, 2.75) is 13.8 Å². The van der Waals surface area contributed by atoms with Crippen LogP contribution in [0.4, 0.5) is 11.4 Å². The van der Waals surface area contributed by atoms with E-state index in [0.29, 0.717) is 11.0 Å². The number of nitro benzene ring substituents is 2. The highest BCUT2D eigenvalue weighted by molar-refractivity contribution is 5.80. The average molecular weight is 312 g/mol. The molecule has 0 fully saturated rings. The second-order valence-electron chi connectivity index (χ2n) is 5.23. The number of imidazole rings is 1. The van der Waals surface area contributed by atoms with Crippen LogP contribution in [-0.2, 0) is 0 Å². The van der Waals surface area contributed by atoms with E-state index in [2.05, 4.69) is 4.98 Å². The van der Waals surface area contributed by atoms with E-state index in [4.69, 9.17) is 0 Å². The van der Waals surface area contributed by atoms with E-state index in [0.717, 1.165) is 17.2 Å². The molecule has 2 aromatic carbocycles. The van der Waals surface area contributed by atoms with Crippen LogP contribution in [0.3, 0.4) is 0 Å². The van der Waals surface area contributed by atoms with Crippen molar-refractivity contribution in [2.24, 2.45) is 0 Å². The van der Waals surface area contributed by atoms with Gasteiger partial charge in [-0.05, 0) is 43.2 Å². The van der Waals surface area contributed by atoms with Gasteiger partial charge in [0.15, 0.2) is 0 Å². The van der Waals surface area contributed by atoms with Crippen LogP contribution in [0.1, 0.15) is 11.1 Å². The van der Waals surface area contributed by atoms with Crippen molar-refractivity contribution in [1.29, 1.82) is 0 Å².